The van der Waals surface area contributed by atoms with E-state index in [1.54, 1.807) is 37.3 Å². The summed E-state index contributed by atoms with van der Waals surface area (Å²) in [6.07, 6.45) is 0.543. The number of amides is 11. The number of carboxylic acids is 1. The Morgan fingerprint density at radius 1 is 0.769 bits per heavy atom. The van der Waals surface area contributed by atoms with Crippen LogP contribution in [0.2, 0.25) is 0 Å². The first-order valence-electron chi connectivity index (χ1n) is 25.6. The van der Waals surface area contributed by atoms with E-state index >= 15 is 0 Å². The first-order valence-corrected chi connectivity index (χ1v) is 25.6. The number of likely N-dealkylation sites (tertiary alicyclic amines) is 1. The number of unbranched alkanes of at least 4 members (excludes halogenated alkanes) is 2. The zero-order chi connectivity index (χ0) is 57.4. The molecule has 2 heterocycles. The molecule has 14 N–H and O–H groups in total. The number of nitrogens with zero attached hydrogens (tertiary/aromatic N) is 4. The van der Waals surface area contributed by atoms with E-state index in [9.17, 15) is 62.6 Å². The number of aliphatic carboxylic acids is 1. The van der Waals surface area contributed by atoms with Crippen molar-refractivity contribution in [1.82, 2.24) is 58.1 Å². The van der Waals surface area contributed by atoms with Crippen LogP contribution >= 0.6 is 0 Å². The van der Waals surface area contributed by atoms with Crippen molar-refractivity contribution >= 4 is 76.9 Å². The van der Waals surface area contributed by atoms with Crippen LogP contribution in [0.4, 0.5) is 0 Å². The van der Waals surface area contributed by atoms with Gasteiger partial charge in [-0.05, 0) is 62.5 Å². The molecule has 428 valence electrons. The second-order valence-electron chi connectivity index (χ2n) is 18.4. The van der Waals surface area contributed by atoms with Crippen molar-refractivity contribution in [3.63, 3.8) is 0 Å². The maximum Gasteiger partial charge on any atom is 0.305 e. The Balaban J connectivity index is 1.57. The van der Waals surface area contributed by atoms with E-state index in [0.717, 1.165) is 4.90 Å². The Hall–Kier alpha value is -8.40. The second kappa shape index (κ2) is 35.0. The smallest absolute Gasteiger partial charge is 0.305 e. The van der Waals surface area contributed by atoms with E-state index in [-0.39, 0.29) is 134 Å². The summed E-state index contributed by atoms with van der Waals surface area (Å²) in [7, 11) is 0. The number of rotatable bonds is 31. The fourth-order valence-electron chi connectivity index (χ4n) is 7.97. The molecule has 2 aliphatic heterocycles. The third-order valence-corrected chi connectivity index (χ3v) is 12.1. The van der Waals surface area contributed by atoms with Crippen LogP contribution in [-0.4, -0.2) is 176 Å². The molecule has 1 aromatic carbocycles. The number of benzene rings is 1. The van der Waals surface area contributed by atoms with Crippen molar-refractivity contribution < 1.29 is 67.4 Å². The van der Waals surface area contributed by atoms with Crippen molar-refractivity contribution in [1.29, 1.82) is 5.41 Å². The summed E-state index contributed by atoms with van der Waals surface area (Å²) in [4.78, 5) is 158. The molecular formula is C48H72N16O14. The summed E-state index contributed by atoms with van der Waals surface area (Å²) in [5.74, 6) is -9.31. The van der Waals surface area contributed by atoms with E-state index in [1.165, 1.54) is 0 Å². The molecule has 0 saturated carbocycles. The van der Waals surface area contributed by atoms with Crippen LogP contribution in [0.5, 0.6) is 0 Å². The first-order chi connectivity index (χ1) is 37.3. The largest absolute Gasteiger partial charge is 0.481 e. The molecule has 0 spiro atoms. The van der Waals surface area contributed by atoms with Crippen LogP contribution in [0, 0.1) is 11.3 Å². The van der Waals surface area contributed by atoms with E-state index < -0.39 is 102 Å². The average molecular weight is 1100 g/mol. The minimum atomic E-state index is -1.65. The lowest BCUT2D eigenvalue weighted by Gasteiger charge is -2.26. The highest BCUT2D eigenvalue weighted by molar-refractivity contribution is 6.03. The molecule has 3 rings (SSSR count). The number of imide groups is 1. The Kier molecular flexibility index (Phi) is 28.7. The molecule has 78 heavy (non-hydrogen) atoms. The van der Waals surface area contributed by atoms with Gasteiger partial charge in [-0.1, -0.05) is 42.4 Å². The molecule has 0 aliphatic carbocycles. The topological polar surface area (TPSA) is 456 Å². The van der Waals surface area contributed by atoms with E-state index in [1.807, 2.05) is 0 Å². The number of guanidine groups is 1. The molecule has 0 bridgehead atoms. The quantitative estimate of drug-likeness (QED) is 0.00659. The number of hydrogen-bond acceptors (Lipinski definition) is 15. The van der Waals surface area contributed by atoms with Crippen molar-refractivity contribution in [3.05, 3.63) is 46.3 Å². The fourth-order valence-corrected chi connectivity index (χ4v) is 7.97. The van der Waals surface area contributed by atoms with Gasteiger partial charge in [0.1, 0.15) is 36.8 Å². The van der Waals surface area contributed by atoms with Gasteiger partial charge in [0.15, 0.2) is 5.96 Å². The molecule has 2 saturated heterocycles. The van der Waals surface area contributed by atoms with Crippen LogP contribution < -0.4 is 58.9 Å². The summed E-state index contributed by atoms with van der Waals surface area (Å²) in [6, 6.07) is 1.93. The SMILES string of the molecule is CC1CC(=O)N(CCC(=O)N[C@@H](CCCCNC(=O)CN=[N+]=[N-])C(=O)NCCOCCC(=O)NCCCC[C@@H]2NC(=O)[C@@H](Cc3ccccc3)NC(=O)[C@H](CC(=O)O)NC(=O)CNC(=O)[C@H](CCCNC(=N)N)NC2=O)C1=O. The third-order valence-electron chi connectivity index (χ3n) is 12.1. The standard InChI is InChI=1S/C48H72N16O14/c1-29-24-40(69)64(47(29)77)21-15-37(66)58-31(12-5-8-18-53-38(67)28-57-63-51)42(72)54-20-23-78-22-16-36(65)52-17-7-6-13-33-44(74)60-32(14-9-19-55-48(49)50)43(73)56-27-39(68)59-35(26-41(70)71)46(76)62-34(45(75)61-33)25-30-10-3-2-4-11-30/h2-4,10-11,29,31-35H,5-9,12-28H2,1H3,(H,52,65)(H,53,67)(H,54,72)(H,56,73)(H,58,66)(H,59,68)(H,60,74)(H,61,75)(H,62,76)(H,70,71)(H4,49,50,55)/t29?,31-,32-,33-,34+,35-/m0/s1. The predicted octanol–water partition coefficient (Wildman–Crippen LogP) is -3.29. The van der Waals surface area contributed by atoms with Gasteiger partial charge in [0.2, 0.25) is 65.0 Å². The number of azide groups is 1. The maximum absolute atomic E-state index is 14.0. The number of hydrogen-bond donors (Lipinski definition) is 13. The Labute approximate surface area is 449 Å². The molecule has 2 fully saturated rings. The van der Waals surface area contributed by atoms with Crippen molar-refractivity contribution in [2.24, 2.45) is 16.8 Å². The summed E-state index contributed by atoms with van der Waals surface area (Å²) in [5, 5.41) is 45.8. The van der Waals surface area contributed by atoms with Crippen LogP contribution in [0.1, 0.15) is 89.5 Å². The molecule has 11 amide bonds. The van der Waals surface area contributed by atoms with E-state index in [2.05, 4.69) is 63.2 Å². The summed E-state index contributed by atoms with van der Waals surface area (Å²) in [5.41, 5.74) is 14.4. The van der Waals surface area contributed by atoms with Crippen molar-refractivity contribution in [2.45, 2.75) is 121 Å². The van der Waals surface area contributed by atoms with Crippen LogP contribution in [0.3, 0.4) is 0 Å². The minimum Gasteiger partial charge on any atom is -0.481 e. The van der Waals surface area contributed by atoms with Gasteiger partial charge in [-0.15, -0.1) is 0 Å². The fraction of sp³-hybridized carbons (Fsp3) is 0.604. The normalized spacial score (nSPS) is 19.4. The zero-order valence-electron chi connectivity index (χ0n) is 43.5. The predicted molar refractivity (Wildman–Crippen MR) is 276 cm³/mol. The van der Waals surface area contributed by atoms with Crippen LogP contribution in [0.25, 0.3) is 10.4 Å². The lowest BCUT2D eigenvalue weighted by molar-refractivity contribution is -0.141. The number of ether oxygens (including phenoxy) is 1. The molecule has 0 aromatic heterocycles. The van der Waals surface area contributed by atoms with Gasteiger partial charge in [0, 0.05) is 69.2 Å². The summed E-state index contributed by atoms with van der Waals surface area (Å²) in [6.45, 7) is 0.897. The lowest BCUT2D eigenvalue weighted by Crippen LogP contribution is -2.58. The molecule has 30 heteroatoms. The van der Waals surface area contributed by atoms with Crippen LogP contribution in [-0.2, 0) is 68.7 Å². The Bertz CT molecular complexity index is 2340. The highest BCUT2D eigenvalue weighted by Crippen LogP contribution is 2.19. The van der Waals surface area contributed by atoms with Gasteiger partial charge < -0.3 is 68.7 Å². The molecule has 0 radical (unpaired) electrons. The van der Waals surface area contributed by atoms with Gasteiger partial charge >= 0.3 is 5.97 Å². The highest BCUT2D eigenvalue weighted by Gasteiger charge is 2.36. The summed E-state index contributed by atoms with van der Waals surface area (Å²) >= 11 is 0. The van der Waals surface area contributed by atoms with Gasteiger partial charge in [-0.25, -0.2) is 0 Å². The number of carbonyl (C=O) groups excluding carboxylic acids is 11. The molecule has 2 aliphatic rings. The highest BCUT2D eigenvalue weighted by atomic mass is 16.5. The molecule has 30 nitrogen and oxygen atoms in total. The van der Waals surface area contributed by atoms with Gasteiger partial charge in [-0.3, -0.25) is 67.8 Å². The van der Waals surface area contributed by atoms with Gasteiger partial charge in [-0.2, -0.15) is 0 Å². The van der Waals surface area contributed by atoms with Gasteiger partial charge in [0.05, 0.1) is 26.2 Å². The van der Waals surface area contributed by atoms with E-state index in [4.69, 9.17) is 21.4 Å². The lowest BCUT2D eigenvalue weighted by atomic mass is 10.0. The molecule has 1 unspecified atom stereocenters. The summed E-state index contributed by atoms with van der Waals surface area (Å²) < 4.78 is 5.54. The average Bonchev–Trinajstić information content (AvgIpc) is 3.65. The first kappa shape index (κ1) is 63.9. The molecule has 6 atom stereocenters. The number of carbonyl (C=O) groups is 12. The van der Waals surface area contributed by atoms with Gasteiger partial charge in [0.25, 0.3) is 0 Å². The monoisotopic (exact) mass is 1100 g/mol. The Morgan fingerprint density at radius 3 is 2.06 bits per heavy atom. The second-order valence-corrected chi connectivity index (χ2v) is 18.4. The van der Waals surface area contributed by atoms with E-state index in [0.29, 0.717) is 24.8 Å². The zero-order valence-corrected chi connectivity index (χ0v) is 43.5. The number of carboxylic acid groups (broad SMARTS) is 1. The van der Waals surface area contributed by atoms with Crippen molar-refractivity contribution in [2.75, 3.05) is 59.0 Å². The maximum atomic E-state index is 14.0. The van der Waals surface area contributed by atoms with Crippen molar-refractivity contribution in [3.8, 4) is 0 Å². The third kappa shape index (κ3) is 25.0. The molecule has 1 aromatic rings. The molecular weight excluding hydrogens is 1020 g/mol. The number of nitrogens with two attached hydrogens (primary N) is 1. The Morgan fingerprint density at radius 2 is 1.40 bits per heavy atom. The van der Waals surface area contributed by atoms with Crippen LogP contribution in [0.15, 0.2) is 35.4 Å². The minimum absolute atomic E-state index is 0.00489. The number of nitrogens with one attached hydrogen (secondary N) is 11.